The number of aromatic nitrogens is 1. The molecular weight excluding hydrogens is 378 g/mol. The van der Waals surface area contributed by atoms with E-state index in [0.29, 0.717) is 25.3 Å². The smallest absolute Gasteiger partial charge is 0.241 e. The number of nitrogens with zero attached hydrogens (tertiary/aromatic N) is 2. The Morgan fingerprint density at radius 2 is 1.73 bits per heavy atom. The summed E-state index contributed by atoms with van der Waals surface area (Å²) in [6, 6.07) is 21.3. The van der Waals surface area contributed by atoms with Crippen LogP contribution in [0.3, 0.4) is 0 Å². The zero-order valence-electron chi connectivity index (χ0n) is 16.7. The van der Waals surface area contributed by atoms with E-state index in [9.17, 15) is 9.90 Å². The average Bonchev–Trinajstić information content (AvgIpc) is 3.08. The van der Waals surface area contributed by atoms with Gasteiger partial charge in [0.25, 0.3) is 0 Å². The second kappa shape index (κ2) is 8.69. The van der Waals surface area contributed by atoms with Crippen LogP contribution in [0.4, 0.5) is 0 Å². The molecule has 4 rings (SSSR count). The van der Waals surface area contributed by atoms with E-state index in [1.807, 2.05) is 31.2 Å². The average molecular weight is 401 g/mol. The zero-order chi connectivity index (χ0) is 20.9. The van der Waals surface area contributed by atoms with E-state index in [1.54, 1.807) is 12.1 Å². The number of hydrogen-bond donors (Lipinski definition) is 2. The predicted octanol–water partition coefficient (Wildman–Crippen LogP) is 4.44. The summed E-state index contributed by atoms with van der Waals surface area (Å²) in [5.41, 5.74) is 5.52. The minimum absolute atomic E-state index is 0.0733. The van der Waals surface area contributed by atoms with E-state index in [0.717, 1.165) is 16.6 Å². The van der Waals surface area contributed by atoms with E-state index in [4.69, 9.17) is 4.74 Å². The third kappa shape index (κ3) is 3.98. The molecule has 3 aromatic carbocycles. The first-order valence-electron chi connectivity index (χ1n) is 9.91. The number of rotatable bonds is 7. The van der Waals surface area contributed by atoms with Gasteiger partial charge in [-0.15, -0.1) is 0 Å². The number of amides is 1. The Balaban J connectivity index is 1.43. The molecule has 4 aromatic rings. The molecule has 0 bridgehead atoms. The van der Waals surface area contributed by atoms with Crippen LogP contribution in [-0.4, -0.2) is 28.4 Å². The maximum absolute atomic E-state index is 12.3. The van der Waals surface area contributed by atoms with E-state index < -0.39 is 0 Å². The van der Waals surface area contributed by atoms with Gasteiger partial charge in [-0.25, -0.2) is 5.43 Å². The molecule has 0 saturated heterocycles. The van der Waals surface area contributed by atoms with Crippen molar-refractivity contribution >= 4 is 33.9 Å². The first-order chi connectivity index (χ1) is 14.7. The Hall–Kier alpha value is -3.80. The number of ether oxygens (including phenoxy) is 1. The van der Waals surface area contributed by atoms with Crippen molar-refractivity contribution in [3.05, 3.63) is 72.3 Å². The highest BCUT2D eigenvalue weighted by molar-refractivity contribution is 6.08. The highest BCUT2D eigenvalue weighted by atomic mass is 16.5. The number of carbonyl (C=O) groups is 1. The van der Waals surface area contributed by atoms with Gasteiger partial charge in [0.05, 0.1) is 12.8 Å². The highest BCUT2D eigenvalue weighted by Gasteiger charge is 2.10. The fourth-order valence-electron chi connectivity index (χ4n) is 3.57. The van der Waals surface area contributed by atoms with Crippen molar-refractivity contribution in [2.24, 2.45) is 5.10 Å². The number of phenolic OH excluding ortho intramolecular Hbond substituents is 1. The molecule has 0 atom stereocenters. The second-order valence-electron chi connectivity index (χ2n) is 6.89. The fourth-order valence-corrected chi connectivity index (χ4v) is 3.57. The number of hydrogen-bond acceptors (Lipinski definition) is 4. The number of carbonyl (C=O) groups excluding carboxylic acids is 1. The van der Waals surface area contributed by atoms with Crippen LogP contribution >= 0.6 is 0 Å². The summed E-state index contributed by atoms with van der Waals surface area (Å²) in [6.45, 7) is 2.86. The van der Waals surface area contributed by atoms with E-state index >= 15 is 0 Å². The molecule has 0 aliphatic carbocycles. The Morgan fingerprint density at radius 3 is 2.40 bits per heavy atom. The molecule has 6 heteroatoms. The maximum atomic E-state index is 12.3. The predicted molar refractivity (Wildman–Crippen MR) is 119 cm³/mol. The minimum Gasteiger partial charge on any atom is -0.504 e. The third-order valence-electron chi connectivity index (χ3n) is 4.93. The third-order valence-corrected chi connectivity index (χ3v) is 4.93. The number of hydrazone groups is 1. The molecule has 0 unspecified atom stereocenters. The molecular formula is C24H23N3O3. The van der Waals surface area contributed by atoms with Crippen molar-refractivity contribution in [1.82, 2.24) is 9.99 Å². The van der Waals surface area contributed by atoms with Gasteiger partial charge in [-0.1, -0.05) is 36.4 Å². The van der Waals surface area contributed by atoms with Crippen molar-refractivity contribution < 1.29 is 14.6 Å². The van der Waals surface area contributed by atoms with Crippen molar-refractivity contribution in [2.75, 3.05) is 6.61 Å². The van der Waals surface area contributed by atoms with Gasteiger partial charge in [0.2, 0.25) is 5.91 Å². The van der Waals surface area contributed by atoms with Gasteiger partial charge in [0.1, 0.15) is 0 Å². The molecule has 0 radical (unpaired) electrons. The van der Waals surface area contributed by atoms with E-state index in [-0.39, 0.29) is 11.7 Å². The Bertz CT molecular complexity index is 1170. The van der Waals surface area contributed by atoms with Gasteiger partial charge in [-0.05, 0) is 42.8 Å². The van der Waals surface area contributed by atoms with Crippen LogP contribution in [0, 0.1) is 0 Å². The van der Waals surface area contributed by atoms with Crippen LogP contribution in [0.15, 0.2) is 71.8 Å². The van der Waals surface area contributed by atoms with Gasteiger partial charge in [-0.2, -0.15) is 5.10 Å². The normalized spacial score (nSPS) is 11.4. The van der Waals surface area contributed by atoms with Crippen LogP contribution in [0.1, 0.15) is 18.9 Å². The summed E-state index contributed by atoms with van der Waals surface area (Å²) >= 11 is 0. The Labute approximate surface area is 174 Å². The Kier molecular flexibility index (Phi) is 5.66. The number of nitrogens with one attached hydrogen (secondary N) is 1. The fraction of sp³-hybridized carbons (Fsp3) is 0.167. The number of fused-ring (bicyclic) bond motifs is 3. The molecule has 1 heterocycles. The number of para-hydroxylation sites is 2. The first-order valence-corrected chi connectivity index (χ1v) is 9.91. The Morgan fingerprint density at radius 1 is 1.07 bits per heavy atom. The largest absolute Gasteiger partial charge is 0.504 e. The van der Waals surface area contributed by atoms with Gasteiger partial charge in [0.15, 0.2) is 11.5 Å². The molecule has 6 nitrogen and oxygen atoms in total. The summed E-state index contributed by atoms with van der Waals surface area (Å²) in [5.74, 6) is 0.292. The van der Waals surface area contributed by atoms with Crippen molar-refractivity contribution in [1.29, 1.82) is 0 Å². The lowest BCUT2D eigenvalue weighted by atomic mass is 10.2. The number of benzene rings is 3. The molecule has 1 amide bonds. The van der Waals surface area contributed by atoms with Crippen LogP contribution in [0.25, 0.3) is 21.8 Å². The summed E-state index contributed by atoms with van der Waals surface area (Å²) in [7, 11) is 0. The standard InChI is InChI=1S/C24H23N3O3/c1-2-30-23-15-17(11-12-22(23)28)16-25-26-24(29)13-14-27-20-9-5-3-7-18(20)19-8-4-6-10-21(19)27/h3-12,15-16,28H,2,13-14H2,1H3,(H,26,29)/b25-16+. The zero-order valence-corrected chi connectivity index (χ0v) is 16.7. The number of aromatic hydroxyl groups is 1. The van der Waals surface area contributed by atoms with Crippen molar-refractivity contribution in [2.45, 2.75) is 19.9 Å². The molecule has 0 saturated carbocycles. The number of aryl methyl sites for hydroxylation is 1. The lowest BCUT2D eigenvalue weighted by Crippen LogP contribution is -2.19. The quantitative estimate of drug-likeness (QED) is 0.355. The SMILES string of the molecule is CCOc1cc(/C=N/NC(=O)CCn2c3ccccc3c3ccccc32)ccc1O. The van der Waals surface area contributed by atoms with Gasteiger partial charge >= 0.3 is 0 Å². The van der Waals surface area contributed by atoms with Gasteiger partial charge < -0.3 is 14.4 Å². The summed E-state index contributed by atoms with van der Waals surface area (Å²) in [5, 5.41) is 16.1. The summed E-state index contributed by atoms with van der Waals surface area (Å²) in [6.07, 6.45) is 1.83. The van der Waals surface area contributed by atoms with E-state index in [2.05, 4.69) is 39.4 Å². The lowest BCUT2D eigenvalue weighted by molar-refractivity contribution is -0.121. The molecule has 30 heavy (non-hydrogen) atoms. The molecule has 0 aliphatic heterocycles. The topological polar surface area (TPSA) is 75.8 Å². The monoisotopic (exact) mass is 401 g/mol. The molecule has 0 spiro atoms. The van der Waals surface area contributed by atoms with Crippen LogP contribution in [0.5, 0.6) is 11.5 Å². The van der Waals surface area contributed by atoms with Crippen molar-refractivity contribution in [3.63, 3.8) is 0 Å². The minimum atomic E-state index is -0.170. The second-order valence-corrected chi connectivity index (χ2v) is 6.89. The molecule has 2 N–H and O–H groups in total. The van der Waals surface area contributed by atoms with Crippen molar-refractivity contribution in [3.8, 4) is 11.5 Å². The van der Waals surface area contributed by atoms with E-state index in [1.165, 1.54) is 23.1 Å². The van der Waals surface area contributed by atoms with Crippen LogP contribution in [-0.2, 0) is 11.3 Å². The molecule has 152 valence electrons. The molecule has 0 fully saturated rings. The van der Waals surface area contributed by atoms with Gasteiger partial charge in [-0.3, -0.25) is 4.79 Å². The van der Waals surface area contributed by atoms with Gasteiger partial charge in [0, 0.05) is 34.8 Å². The summed E-state index contributed by atoms with van der Waals surface area (Å²) in [4.78, 5) is 12.3. The molecule has 1 aromatic heterocycles. The lowest BCUT2D eigenvalue weighted by Gasteiger charge is -2.07. The first kappa shape index (κ1) is 19.5. The summed E-state index contributed by atoms with van der Waals surface area (Å²) < 4.78 is 7.52. The van der Waals surface area contributed by atoms with Crippen LogP contribution in [0.2, 0.25) is 0 Å². The highest BCUT2D eigenvalue weighted by Crippen LogP contribution is 2.29. The number of phenols is 1. The van der Waals surface area contributed by atoms with Crippen LogP contribution < -0.4 is 10.2 Å². The molecule has 0 aliphatic rings. The maximum Gasteiger partial charge on any atom is 0.241 e.